The molecule has 15 nitrogen and oxygen atoms in total. The summed E-state index contributed by atoms with van der Waals surface area (Å²) in [5, 5.41) is 34.7. The molecule has 0 radical (unpaired) electrons. The average molecular weight is 891 g/mol. The number of methoxy groups -OCH3 is 3. The molecule has 2 bridgehead atoms. The first-order valence-electron chi connectivity index (χ1n) is 23.1. The van der Waals surface area contributed by atoms with Gasteiger partial charge in [0.15, 0.2) is 18.4 Å². The summed E-state index contributed by atoms with van der Waals surface area (Å²) in [5.41, 5.74) is 0.511. The Balaban J connectivity index is 1.19. The molecule has 0 aromatic heterocycles. The molecule has 1 spiro atoms. The minimum atomic E-state index is -1.74. The van der Waals surface area contributed by atoms with Gasteiger partial charge >= 0.3 is 5.97 Å². The van der Waals surface area contributed by atoms with E-state index in [0.29, 0.717) is 31.3 Å². The number of allylic oxidation sites excluding steroid dienone is 2. The normalized spacial score (nSPS) is 49.6. The SMILES string of the molecule is COC1C(C)=CC2C(=O)OC3CC(C/C=C(/C)C(O[C@H]4C[C@H](OC)[C@@H](O[C@H]5C[C@H](OC)[C@@H](O)[C@H](C)O5)[C@H](C)O4)C(C)/C=C/C=C4\COC1C42O)OC1(C3)CC(O)C(C)C(C(C)C)O1. The van der Waals surface area contributed by atoms with Gasteiger partial charge in [0.2, 0.25) is 0 Å². The lowest BCUT2D eigenvalue weighted by atomic mass is 9.70. The fraction of sp³-hybridized carbons (Fsp3) is 0.812. The van der Waals surface area contributed by atoms with Gasteiger partial charge in [-0.25, -0.2) is 0 Å². The lowest BCUT2D eigenvalue weighted by Crippen LogP contribution is -2.60. The zero-order valence-corrected chi connectivity index (χ0v) is 39.0. The van der Waals surface area contributed by atoms with Crippen LogP contribution in [0.1, 0.15) is 93.9 Å². The molecule has 1 aliphatic carbocycles. The Morgan fingerprint density at radius 1 is 0.825 bits per heavy atom. The summed E-state index contributed by atoms with van der Waals surface area (Å²) in [4.78, 5) is 14.5. The maximum atomic E-state index is 14.5. The van der Waals surface area contributed by atoms with Crippen LogP contribution in [-0.2, 0) is 56.9 Å². The quantitative estimate of drug-likeness (QED) is 0.223. The summed E-state index contributed by atoms with van der Waals surface area (Å²) in [6.07, 6.45) is 3.50. The van der Waals surface area contributed by atoms with Gasteiger partial charge in [-0.05, 0) is 56.8 Å². The summed E-state index contributed by atoms with van der Waals surface area (Å²) in [5.74, 6) is -3.03. The largest absolute Gasteiger partial charge is 0.462 e. The van der Waals surface area contributed by atoms with E-state index >= 15 is 0 Å². The molecule has 6 heterocycles. The molecule has 0 saturated carbocycles. The molecule has 6 aliphatic heterocycles. The van der Waals surface area contributed by atoms with Gasteiger partial charge in [0, 0.05) is 65.3 Å². The Morgan fingerprint density at radius 3 is 2.22 bits per heavy atom. The number of aliphatic hydroxyl groups excluding tert-OH is 2. The lowest BCUT2D eigenvalue weighted by molar-refractivity contribution is -0.353. The van der Waals surface area contributed by atoms with Crippen LogP contribution < -0.4 is 0 Å². The molecule has 20 atom stereocenters. The molecular formula is C48H74O15. The van der Waals surface area contributed by atoms with E-state index in [2.05, 4.69) is 26.8 Å². The van der Waals surface area contributed by atoms with Gasteiger partial charge in [0.05, 0.1) is 55.4 Å². The summed E-state index contributed by atoms with van der Waals surface area (Å²) in [6, 6.07) is 0. The summed E-state index contributed by atoms with van der Waals surface area (Å²) in [6.45, 7) is 15.9. The van der Waals surface area contributed by atoms with Gasteiger partial charge in [-0.15, -0.1) is 0 Å². The molecule has 0 amide bonds. The molecule has 5 saturated heterocycles. The minimum Gasteiger partial charge on any atom is -0.462 e. The summed E-state index contributed by atoms with van der Waals surface area (Å²) >= 11 is 0. The third kappa shape index (κ3) is 9.98. The highest BCUT2D eigenvalue weighted by molar-refractivity contribution is 5.78. The lowest BCUT2D eigenvalue weighted by Gasteiger charge is -2.52. The summed E-state index contributed by atoms with van der Waals surface area (Å²) < 4.78 is 69.7. The average Bonchev–Trinajstić information content (AvgIpc) is 3.57. The van der Waals surface area contributed by atoms with E-state index in [0.717, 1.165) is 11.1 Å². The van der Waals surface area contributed by atoms with Crippen LogP contribution in [0.25, 0.3) is 0 Å². The van der Waals surface area contributed by atoms with Crippen molar-refractivity contribution in [3.8, 4) is 0 Å². The van der Waals surface area contributed by atoms with Crippen molar-refractivity contribution in [1.82, 2.24) is 0 Å². The van der Waals surface area contributed by atoms with Gasteiger partial charge in [-0.1, -0.05) is 58.1 Å². The van der Waals surface area contributed by atoms with E-state index in [1.807, 2.05) is 45.9 Å². The van der Waals surface area contributed by atoms with Crippen molar-refractivity contribution < 1.29 is 72.2 Å². The zero-order valence-electron chi connectivity index (χ0n) is 39.0. The summed E-state index contributed by atoms with van der Waals surface area (Å²) in [7, 11) is 4.79. The third-order valence-electron chi connectivity index (χ3n) is 14.7. The van der Waals surface area contributed by atoms with Crippen molar-refractivity contribution in [1.29, 1.82) is 0 Å². The minimum absolute atomic E-state index is 0.0967. The van der Waals surface area contributed by atoms with Crippen molar-refractivity contribution >= 4 is 5.97 Å². The molecule has 356 valence electrons. The van der Waals surface area contributed by atoms with Crippen molar-refractivity contribution in [3.05, 3.63) is 47.1 Å². The maximum absolute atomic E-state index is 14.5. The predicted octanol–water partition coefficient (Wildman–Crippen LogP) is 4.84. The van der Waals surface area contributed by atoms with Crippen LogP contribution in [0.4, 0.5) is 0 Å². The highest BCUT2D eigenvalue weighted by Gasteiger charge is 2.61. The van der Waals surface area contributed by atoms with Gasteiger partial charge in [-0.2, -0.15) is 0 Å². The van der Waals surface area contributed by atoms with Crippen molar-refractivity contribution in [2.24, 2.45) is 23.7 Å². The van der Waals surface area contributed by atoms with Crippen LogP contribution in [0.3, 0.4) is 0 Å². The van der Waals surface area contributed by atoms with Crippen LogP contribution in [0.5, 0.6) is 0 Å². The highest BCUT2D eigenvalue weighted by atomic mass is 16.7. The van der Waals surface area contributed by atoms with E-state index in [-0.39, 0.29) is 49.4 Å². The fourth-order valence-corrected chi connectivity index (χ4v) is 11.1. The highest BCUT2D eigenvalue weighted by Crippen LogP contribution is 2.48. The molecule has 7 rings (SSSR count). The first kappa shape index (κ1) is 48.8. The first-order valence-corrected chi connectivity index (χ1v) is 23.1. The smallest absolute Gasteiger partial charge is 0.316 e. The third-order valence-corrected chi connectivity index (χ3v) is 14.7. The Bertz CT molecular complexity index is 1710. The Hall–Kier alpha value is -2.09. The molecule has 0 aromatic carbocycles. The van der Waals surface area contributed by atoms with E-state index in [9.17, 15) is 20.1 Å². The van der Waals surface area contributed by atoms with E-state index in [1.54, 1.807) is 34.3 Å². The number of hydrogen-bond donors (Lipinski definition) is 3. The number of ether oxygens (including phenoxy) is 11. The molecule has 12 unspecified atom stereocenters. The molecule has 5 fully saturated rings. The fourth-order valence-electron chi connectivity index (χ4n) is 11.1. The molecular weight excluding hydrogens is 817 g/mol. The zero-order chi connectivity index (χ0) is 45.5. The van der Waals surface area contributed by atoms with Crippen LogP contribution in [-0.4, -0.2) is 153 Å². The van der Waals surface area contributed by atoms with Crippen LogP contribution in [0.15, 0.2) is 47.1 Å². The van der Waals surface area contributed by atoms with E-state index < -0.39 is 103 Å². The van der Waals surface area contributed by atoms with E-state index in [1.165, 1.54) is 0 Å². The second-order valence-electron chi connectivity index (χ2n) is 19.5. The van der Waals surface area contributed by atoms with Crippen LogP contribution >= 0.6 is 0 Å². The van der Waals surface area contributed by atoms with Crippen molar-refractivity contribution in [2.45, 2.75) is 197 Å². The molecule has 3 N–H and O–H groups in total. The first-order chi connectivity index (χ1) is 29.9. The molecule has 63 heavy (non-hydrogen) atoms. The molecule has 7 aliphatic rings. The number of carbonyl (C=O) groups is 1. The van der Waals surface area contributed by atoms with Gasteiger partial charge in [0.25, 0.3) is 0 Å². The molecule has 0 aromatic rings. The Kier molecular flexibility index (Phi) is 15.5. The van der Waals surface area contributed by atoms with Crippen LogP contribution in [0, 0.1) is 23.7 Å². The monoisotopic (exact) mass is 891 g/mol. The standard InChI is InChI=1S/C48H74O15/c1-24(2)41-28(6)35(49)22-47(63-41)21-33-18-32(62-47)16-15-26(4)42(60-39-20-37(54-10)44(30(8)58-39)61-38-19-36(53-9)40(50)29(7)57-38)25(3)13-12-14-31-23-56-45-43(55-11)27(5)17-34(46(51)59-33)48(31,45)52/h12-15,17,24-25,28-30,32-45,49-50,52H,16,18-23H2,1-11H3/b13-12+,26-15-,31-14+/t25?,28?,29-,30-,32?,33?,34?,35?,36-,37-,38-,39-,40-,41?,42?,43?,44-,45?,47?,48?/m0/s1. The van der Waals surface area contributed by atoms with Crippen molar-refractivity contribution in [2.75, 3.05) is 27.9 Å². The number of aliphatic hydroxyl groups is 3. The Labute approximate surface area is 373 Å². The predicted molar refractivity (Wildman–Crippen MR) is 229 cm³/mol. The second-order valence-corrected chi connectivity index (χ2v) is 19.5. The van der Waals surface area contributed by atoms with Crippen molar-refractivity contribution in [3.63, 3.8) is 0 Å². The van der Waals surface area contributed by atoms with Crippen LogP contribution in [0.2, 0.25) is 0 Å². The van der Waals surface area contributed by atoms with E-state index in [4.69, 9.17) is 52.1 Å². The number of rotatable bonds is 8. The number of fused-ring (bicyclic) bond motifs is 2. The van der Waals surface area contributed by atoms with Gasteiger partial charge in [0.1, 0.15) is 42.0 Å². The van der Waals surface area contributed by atoms with Gasteiger partial charge < -0.3 is 67.4 Å². The topological polar surface area (TPSA) is 179 Å². The molecule has 15 heteroatoms. The number of carbonyl (C=O) groups excluding carboxylic acids is 1. The number of esters is 1. The maximum Gasteiger partial charge on any atom is 0.316 e. The number of hydrogen-bond acceptors (Lipinski definition) is 15. The second kappa shape index (κ2) is 20.0. The Morgan fingerprint density at radius 2 is 1.52 bits per heavy atom. The van der Waals surface area contributed by atoms with Gasteiger partial charge in [-0.3, -0.25) is 4.79 Å².